The van der Waals surface area contributed by atoms with Gasteiger partial charge in [-0.1, -0.05) is 6.07 Å². The third-order valence-corrected chi connectivity index (χ3v) is 3.72. The number of methoxy groups -OCH3 is 1. The van der Waals surface area contributed by atoms with Crippen LogP contribution in [-0.2, 0) is 9.47 Å². The van der Waals surface area contributed by atoms with Gasteiger partial charge in [0.2, 0.25) is 0 Å². The van der Waals surface area contributed by atoms with Gasteiger partial charge < -0.3 is 14.5 Å². The van der Waals surface area contributed by atoms with Crippen LogP contribution in [0.2, 0.25) is 0 Å². The Kier molecular flexibility index (Phi) is 4.90. The van der Waals surface area contributed by atoms with Crippen LogP contribution in [0.4, 0.5) is 10.6 Å². The summed E-state index contributed by atoms with van der Waals surface area (Å²) in [6, 6.07) is 7.46. The molecule has 7 nitrogen and oxygen atoms in total. The zero-order valence-electron chi connectivity index (χ0n) is 15.2. The van der Waals surface area contributed by atoms with Crippen LogP contribution in [0.3, 0.4) is 0 Å². The summed E-state index contributed by atoms with van der Waals surface area (Å²) >= 11 is 0. The highest BCUT2D eigenvalue weighted by Gasteiger charge is 2.19. The van der Waals surface area contributed by atoms with Crippen LogP contribution in [0.15, 0.2) is 42.9 Å². The average Bonchev–Trinajstić information content (AvgIpc) is 2.99. The Morgan fingerprint density at radius 3 is 2.69 bits per heavy atom. The molecular formula is C19H22N4O3. The summed E-state index contributed by atoms with van der Waals surface area (Å²) in [5.41, 5.74) is 2.09. The van der Waals surface area contributed by atoms with Crippen molar-refractivity contribution < 1.29 is 14.3 Å². The highest BCUT2D eigenvalue weighted by Crippen LogP contribution is 2.30. The van der Waals surface area contributed by atoms with E-state index in [0.29, 0.717) is 5.82 Å². The second-order valence-corrected chi connectivity index (χ2v) is 6.86. The van der Waals surface area contributed by atoms with Gasteiger partial charge in [-0.25, -0.2) is 14.8 Å². The molecule has 0 aliphatic heterocycles. The van der Waals surface area contributed by atoms with Crippen molar-refractivity contribution in [3.8, 4) is 0 Å². The first-order chi connectivity index (χ1) is 12.4. The Labute approximate surface area is 151 Å². The number of nitrogens with one attached hydrogen (secondary N) is 2. The third-order valence-electron chi connectivity index (χ3n) is 3.72. The van der Waals surface area contributed by atoms with E-state index in [1.807, 2.05) is 45.2 Å². The van der Waals surface area contributed by atoms with Gasteiger partial charge in [0.05, 0.1) is 0 Å². The van der Waals surface area contributed by atoms with Crippen molar-refractivity contribution in [2.24, 2.45) is 0 Å². The van der Waals surface area contributed by atoms with Crippen LogP contribution in [-0.4, -0.2) is 33.8 Å². The molecular weight excluding hydrogens is 332 g/mol. The molecule has 0 aromatic carbocycles. The number of fused-ring (bicyclic) bond motifs is 1. The first-order valence-electron chi connectivity index (χ1n) is 8.28. The fourth-order valence-electron chi connectivity index (χ4n) is 2.68. The second kappa shape index (κ2) is 7.13. The number of rotatable bonds is 4. The fourth-order valence-corrected chi connectivity index (χ4v) is 2.68. The molecule has 1 amide bonds. The number of hydrogen-bond acceptors (Lipinski definition) is 5. The molecule has 0 aliphatic rings. The van der Waals surface area contributed by atoms with Crippen LogP contribution in [0, 0.1) is 0 Å². The molecule has 0 bridgehead atoms. The van der Waals surface area contributed by atoms with E-state index in [2.05, 4.69) is 20.3 Å². The van der Waals surface area contributed by atoms with E-state index in [4.69, 9.17) is 9.47 Å². The number of carbonyl (C=O) groups excluding carboxylic acids is 1. The molecule has 3 heterocycles. The Morgan fingerprint density at radius 2 is 2.04 bits per heavy atom. The molecule has 7 heteroatoms. The topological polar surface area (TPSA) is 89.1 Å². The van der Waals surface area contributed by atoms with Crippen molar-refractivity contribution in [3.05, 3.63) is 54.0 Å². The zero-order valence-corrected chi connectivity index (χ0v) is 15.2. The number of ether oxygens (including phenoxy) is 2. The minimum atomic E-state index is -0.561. The van der Waals surface area contributed by atoms with Gasteiger partial charge in [0, 0.05) is 42.2 Å². The first kappa shape index (κ1) is 17.9. The average molecular weight is 354 g/mol. The Balaban J connectivity index is 1.79. The minimum Gasteiger partial charge on any atom is -0.444 e. The molecule has 0 saturated heterocycles. The quantitative estimate of drug-likeness (QED) is 0.738. The van der Waals surface area contributed by atoms with E-state index in [0.717, 1.165) is 22.2 Å². The van der Waals surface area contributed by atoms with Crippen molar-refractivity contribution in [3.63, 3.8) is 0 Å². The Hall–Kier alpha value is -2.93. The van der Waals surface area contributed by atoms with Crippen LogP contribution in [0.25, 0.3) is 11.0 Å². The molecule has 3 aromatic heterocycles. The van der Waals surface area contributed by atoms with Crippen LogP contribution in [0.5, 0.6) is 0 Å². The first-order valence-corrected chi connectivity index (χ1v) is 8.28. The number of aromatic amines is 1. The molecule has 1 unspecified atom stereocenters. The van der Waals surface area contributed by atoms with Crippen LogP contribution < -0.4 is 5.32 Å². The van der Waals surface area contributed by atoms with Crippen LogP contribution >= 0.6 is 0 Å². The normalized spacial score (nSPS) is 12.8. The van der Waals surface area contributed by atoms with E-state index in [1.54, 1.807) is 25.6 Å². The lowest BCUT2D eigenvalue weighted by Gasteiger charge is -2.19. The van der Waals surface area contributed by atoms with Gasteiger partial charge in [-0.2, -0.15) is 0 Å². The van der Waals surface area contributed by atoms with Gasteiger partial charge >= 0.3 is 6.09 Å². The summed E-state index contributed by atoms with van der Waals surface area (Å²) in [6.07, 6.45) is 4.47. The molecule has 26 heavy (non-hydrogen) atoms. The van der Waals surface area contributed by atoms with Gasteiger partial charge in [-0.05, 0) is 39.0 Å². The summed E-state index contributed by atoms with van der Waals surface area (Å²) in [7, 11) is 1.65. The monoisotopic (exact) mass is 354 g/mol. The van der Waals surface area contributed by atoms with Gasteiger partial charge in [-0.15, -0.1) is 0 Å². The highest BCUT2D eigenvalue weighted by atomic mass is 16.6. The Morgan fingerprint density at radius 1 is 1.23 bits per heavy atom. The number of nitrogens with zero attached hydrogens (tertiary/aromatic N) is 2. The predicted molar refractivity (Wildman–Crippen MR) is 99.0 cm³/mol. The molecule has 3 rings (SSSR count). The molecule has 0 fully saturated rings. The largest absolute Gasteiger partial charge is 0.444 e. The van der Waals surface area contributed by atoms with Crippen molar-refractivity contribution in [1.82, 2.24) is 15.0 Å². The summed E-state index contributed by atoms with van der Waals surface area (Å²) in [5, 5.41) is 3.61. The van der Waals surface area contributed by atoms with Crippen molar-refractivity contribution in [2.45, 2.75) is 32.5 Å². The molecule has 136 valence electrons. The van der Waals surface area contributed by atoms with E-state index < -0.39 is 11.7 Å². The van der Waals surface area contributed by atoms with Crippen molar-refractivity contribution >= 4 is 22.9 Å². The number of hydrogen-bond donors (Lipinski definition) is 2. The third kappa shape index (κ3) is 4.00. The lowest BCUT2D eigenvalue weighted by molar-refractivity contribution is 0.0635. The molecule has 1 atom stereocenters. The molecule has 0 aliphatic carbocycles. The van der Waals surface area contributed by atoms with E-state index in [9.17, 15) is 4.79 Å². The zero-order chi connectivity index (χ0) is 18.7. The maximum absolute atomic E-state index is 11.8. The molecule has 0 saturated carbocycles. The number of carbonyl (C=O) groups is 1. The maximum atomic E-state index is 11.8. The summed E-state index contributed by atoms with van der Waals surface area (Å²) in [4.78, 5) is 23.6. The smallest absolute Gasteiger partial charge is 0.413 e. The molecule has 0 spiro atoms. The maximum Gasteiger partial charge on any atom is 0.413 e. The molecule has 2 N–H and O–H groups in total. The summed E-state index contributed by atoms with van der Waals surface area (Å²) in [5.74, 6) is 0.415. The van der Waals surface area contributed by atoms with Gasteiger partial charge in [0.15, 0.2) is 0 Å². The van der Waals surface area contributed by atoms with Crippen molar-refractivity contribution in [1.29, 1.82) is 0 Å². The van der Waals surface area contributed by atoms with E-state index in [1.165, 1.54) is 0 Å². The predicted octanol–water partition coefficient (Wildman–Crippen LogP) is 4.04. The minimum absolute atomic E-state index is 0.295. The van der Waals surface area contributed by atoms with Crippen LogP contribution in [0.1, 0.15) is 38.0 Å². The number of amides is 1. The number of pyridine rings is 2. The highest BCUT2D eigenvalue weighted by molar-refractivity contribution is 5.83. The standard InChI is InChI=1S/C19H22N4O3/c1-19(2,3)26-18(24)23-15-8-7-12(10-21-15)16(25-4)14-11-22-17-13(14)6-5-9-20-17/h5-11,16H,1-4H3,(H,20,22)(H,21,23,24). The van der Waals surface area contributed by atoms with E-state index in [-0.39, 0.29) is 6.10 Å². The SMILES string of the molecule is COC(c1ccc(NC(=O)OC(C)(C)C)nc1)c1c[nH]c2ncccc12. The summed E-state index contributed by atoms with van der Waals surface area (Å²) in [6.45, 7) is 5.42. The number of anilines is 1. The number of H-pyrrole nitrogens is 1. The van der Waals surface area contributed by atoms with Crippen molar-refractivity contribution in [2.75, 3.05) is 12.4 Å². The second-order valence-electron chi connectivity index (χ2n) is 6.86. The molecule has 0 radical (unpaired) electrons. The summed E-state index contributed by atoms with van der Waals surface area (Å²) < 4.78 is 10.9. The lowest BCUT2D eigenvalue weighted by atomic mass is 10.0. The Bertz CT molecular complexity index is 897. The fraction of sp³-hybridized carbons (Fsp3) is 0.316. The lowest BCUT2D eigenvalue weighted by Crippen LogP contribution is -2.27. The molecule has 3 aromatic rings. The van der Waals surface area contributed by atoms with Gasteiger partial charge in [0.25, 0.3) is 0 Å². The van der Waals surface area contributed by atoms with Gasteiger partial charge in [-0.3, -0.25) is 5.32 Å². The number of aromatic nitrogens is 3. The van der Waals surface area contributed by atoms with Gasteiger partial charge in [0.1, 0.15) is 23.2 Å². The van der Waals surface area contributed by atoms with E-state index >= 15 is 0 Å².